The van der Waals surface area contributed by atoms with Gasteiger partial charge in [-0.25, -0.2) is 0 Å². The number of halogens is 1. The second kappa shape index (κ2) is 4.45. The molecule has 0 amide bonds. The van der Waals surface area contributed by atoms with Crippen molar-refractivity contribution in [2.24, 2.45) is 17.8 Å². The lowest BCUT2D eigenvalue weighted by atomic mass is 9.83. The van der Waals surface area contributed by atoms with Crippen molar-refractivity contribution in [3.8, 4) is 0 Å². The van der Waals surface area contributed by atoms with E-state index in [1.165, 1.54) is 12.8 Å². The van der Waals surface area contributed by atoms with Gasteiger partial charge >= 0.3 is 0 Å². The van der Waals surface area contributed by atoms with Gasteiger partial charge in [0.15, 0.2) is 0 Å². The summed E-state index contributed by atoms with van der Waals surface area (Å²) in [6.07, 6.45) is 7.41. The minimum absolute atomic E-state index is 0.612. The molecule has 0 saturated carbocycles. The molecule has 0 saturated heterocycles. The fourth-order valence-corrected chi connectivity index (χ4v) is 2.31. The van der Waals surface area contributed by atoms with E-state index in [4.69, 9.17) is 0 Å². The largest absolute Gasteiger partial charge is 0.0843 e. The molecule has 0 aliphatic heterocycles. The summed E-state index contributed by atoms with van der Waals surface area (Å²) >= 11 is 3.66. The molecule has 1 aliphatic carbocycles. The Labute approximate surface area is 84.6 Å². The van der Waals surface area contributed by atoms with Crippen molar-refractivity contribution in [3.05, 3.63) is 12.2 Å². The summed E-state index contributed by atoms with van der Waals surface area (Å²) in [6.45, 7) is 6.94. The van der Waals surface area contributed by atoms with Crippen LogP contribution in [0.2, 0.25) is 0 Å². The van der Waals surface area contributed by atoms with E-state index >= 15 is 0 Å². The third-order valence-electron chi connectivity index (χ3n) is 2.56. The fourth-order valence-electron chi connectivity index (χ4n) is 1.92. The molecule has 0 nitrogen and oxygen atoms in total. The van der Waals surface area contributed by atoms with Crippen molar-refractivity contribution in [1.82, 2.24) is 0 Å². The maximum absolute atomic E-state index is 3.66. The van der Waals surface area contributed by atoms with Gasteiger partial charge in [0.25, 0.3) is 0 Å². The molecule has 0 aromatic rings. The molecule has 3 unspecified atom stereocenters. The number of hydrogen-bond donors (Lipinski definition) is 0. The van der Waals surface area contributed by atoms with Crippen LogP contribution in [0.1, 0.15) is 33.6 Å². The highest BCUT2D eigenvalue weighted by Gasteiger charge is 2.21. The third-order valence-corrected chi connectivity index (χ3v) is 3.77. The van der Waals surface area contributed by atoms with E-state index in [0.29, 0.717) is 4.83 Å². The topological polar surface area (TPSA) is 0 Å². The predicted molar refractivity (Wildman–Crippen MR) is 58.6 cm³/mol. The maximum atomic E-state index is 3.66. The number of alkyl halides is 1. The van der Waals surface area contributed by atoms with Crippen molar-refractivity contribution in [1.29, 1.82) is 0 Å². The molecule has 0 N–H and O–H groups in total. The molecule has 0 bridgehead atoms. The summed E-state index contributed by atoms with van der Waals surface area (Å²) in [5.41, 5.74) is 0. The van der Waals surface area contributed by atoms with Crippen LogP contribution < -0.4 is 0 Å². The van der Waals surface area contributed by atoms with Gasteiger partial charge in [-0.3, -0.25) is 0 Å². The zero-order chi connectivity index (χ0) is 9.14. The molecule has 0 radical (unpaired) electrons. The van der Waals surface area contributed by atoms with Crippen molar-refractivity contribution in [3.63, 3.8) is 0 Å². The van der Waals surface area contributed by atoms with Gasteiger partial charge < -0.3 is 0 Å². The molecule has 0 heterocycles. The molecular weight excluding hydrogens is 212 g/mol. The lowest BCUT2D eigenvalue weighted by Crippen LogP contribution is -2.18. The first kappa shape index (κ1) is 10.3. The van der Waals surface area contributed by atoms with E-state index in [2.05, 4.69) is 48.9 Å². The van der Waals surface area contributed by atoms with Gasteiger partial charge in [-0.15, -0.1) is 0 Å². The van der Waals surface area contributed by atoms with E-state index in [-0.39, 0.29) is 0 Å². The van der Waals surface area contributed by atoms with Gasteiger partial charge in [-0.05, 0) is 30.6 Å². The Bertz CT molecular complexity index is 160. The normalized spacial score (nSPS) is 35.9. The standard InChI is InChI=1S/C11H19Br/c1-8(2)6-10-4-5-11(12)9(3)7-10/h4-5,8-11H,6-7H2,1-3H3. The molecule has 0 fully saturated rings. The van der Waals surface area contributed by atoms with Crippen LogP contribution in [0.25, 0.3) is 0 Å². The number of hydrogen-bond acceptors (Lipinski definition) is 0. The van der Waals surface area contributed by atoms with Crippen LogP contribution in [0.15, 0.2) is 12.2 Å². The van der Waals surface area contributed by atoms with Crippen molar-refractivity contribution in [2.45, 2.75) is 38.4 Å². The van der Waals surface area contributed by atoms with E-state index in [9.17, 15) is 0 Å². The van der Waals surface area contributed by atoms with Gasteiger partial charge in [0.2, 0.25) is 0 Å². The molecule has 12 heavy (non-hydrogen) atoms. The van der Waals surface area contributed by atoms with Crippen molar-refractivity contribution in [2.75, 3.05) is 0 Å². The Hall–Kier alpha value is 0.220. The summed E-state index contributed by atoms with van der Waals surface area (Å²) in [6, 6.07) is 0. The summed E-state index contributed by atoms with van der Waals surface area (Å²) in [5.74, 6) is 2.46. The van der Waals surface area contributed by atoms with Crippen LogP contribution in [0.5, 0.6) is 0 Å². The minimum atomic E-state index is 0.612. The Morgan fingerprint density at radius 3 is 2.58 bits per heavy atom. The second-order valence-electron chi connectivity index (χ2n) is 4.43. The highest BCUT2D eigenvalue weighted by Crippen LogP contribution is 2.31. The third kappa shape index (κ3) is 2.93. The van der Waals surface area contributed by atoms with Crippen LogP contribution in [0.4, 0.5) is 0 Å². The van der Waals surface area contributed by atoms with Gasteiger partial charge in [-0.1, -0.05) is 48.9 Å². The highest BCUT2D eigenvalue weighted by molar-refractivity contribution is 9.09. The van der Waals surface area contributed by atoms with Gasteiger partial charge in [-0.2, -0.15) is 0 Å². The van der Waals surface area contributed by atoms with Gasteiger partial charge in [0.05, 0.1) is 0 Å². The summed E-state index contributed by atoms with van der Waals surface area (Å²) in [4.78, 5) is 0.612. The average molecular weight is 231 g/mol. The molecule has 0 aromatic heterocycles. The second-order valence-corrected chi connectivity index (χ2v) is 5.49. The number of rotatable bonds is 2. The van der Waals surface area contributed by atoms with Crippen LogP contribution in [0.3, 0.4) is 0 Å². The summed E-state index contributed by atoms with van der Waals surface area (Å²) < 4.78 is 0. The van der Waals surface area contributed by atoms with E-state index in [0.717, 1.165) is 17.8 Å². The Morgan fingerprint density at radius 2 is 2.08 bits per heavy atom. The first-order valence-electron chi connectivity index (χ1n) is 4.92. The average Bonchev–Trinajstić information content (AvgIpc) is 1.96. The van der Waals surface area contributed by atoms with E-state index in [1.807, 2.05) is 0 Å². The molecule has 1 rings (SSSR count). The lowest BCUT2D eigenvalue weighted by Gasteiger charge is -2.26. The summed E-state index contributed by atoms with van der Waals surface area (Å²) in [5, 5.41) is 0. The van der Waals surface area contributed by atoms with Crippen molar-refractivity contribution >= 4 is 15.9 Å². The Balaban J connectivity index is 2.44. The van der Waals surface area contributed by atoms with Gasteiger partial charge in [0.1, 0.15) is 0 Å². The van der Waals surface area contributed by atoms with Crippen LogP contribution in [-0.2, 0) is 0 Å². The van der Waals surface area contributed by atoms with Gasteiger partial charge in [0, 0.05) is 4.83 Å². The lowest BCUT2D eigenvalue weighted by molar-refractivity contribution is 0.376. The van der Waals surface area contributed by atoms with Crippen LogP contribution >= 0.6 is 15.9 Å². The molecule has 1 aliphatic rings. The molecule has 70 valence electrons. The molecule has 0 spiro atoms. The quantitative estimate of drug-likeness (QED) is 0.497. The summed E-state index contributed by atoms with van der Waals surface area (Å²) in [7, 11) is 0. The monoisotopic (exact) mass is 230 g/mol. The SMILES string of the molecule is CC(C)CC1C=CC(Br)C(C)C1. The Morgan fingerprint density at radius 1 is 1.42 bits per heavy atom. The van der Waals surface area contributed by atoms with Crippen LogP contribution in [-0.4, -0.2) is 4.83 Å². The first-order valence-corrected chi connectivity index (χ1v) is 5.83. The van der Waals surface area contributed by atoms with E-state index in [1.54, 1.807) is 0 Å². The highest BCUT2D eigenvalue weighted by atomic mass is 79.9. The Kier molecular flexibility index (Phi) is 3.82. The fraction of sp³-hybridized carbons (Fsp3) is 0.818. The van der Waals surface area contributed by atoms with Crippen LogP contribution in [0, 0.1) is 17.8 Å². The molecular formula is C11H19Br. The molecule has 0 aromatic carbocycles. The predicted octanol–water partition coefficient (Wildman–Crippen LogP) is 4.01. The minimum Gasteiger partial charge on any atom is -0.0843 e. The zero-order valence-electron chi connectivity index (χ0n) is 8.26. The first-order chi connectivity index (χ1) is 5.59. The number of allylic oxidation sites excluding steroid dienone is 2. The van der Waals surface area contributed by atoms with Crippen molar-refractivity contribution < 1.29 is 0 Å². The smallest absolute Gasteiger partial charge is 0.0351 e. The maximum Gasteiger partial charge on any atom is 0.0351 e. The van der Waals surface area contributed by atoms with E-state index < -0.39 is 0 Å². The molecule has 3 atom stereocenters. The zero-order valence-corrected chi connectivity index (χ0v) is 9.84. The molecule has 1 heteroatoms.